The minimum Gasteiger partial charge on any atom is -0.369 e. The van der Waals surface area contributed by atoms with Gasteiger partial charge in [0.1, 0.15) is 0 Å². The van der Waals surface area contributed by atoms with Crippen LogP contribution in [0.4, 0.5) is 11.4 Å². The number of nitro benzene ring substituents is 1. The molecule has 0 aromatic heterocycles. The second-order valence-electron chi connectivity index (χ2n) is 6.82. The molecule has 2 aromatic rings. The molecule has 0 radical (unpaired) electrons. The Bertz CT molecular complexity index is 1270. The van der Waals surface area contributed by atoms with Crippen molar-refractivity contribution in [3.63, 3.8) is 0 Å². The number of hydrogen-bond acceptors (Lipinski definition) is 7. The molecule has 0 aliphatic rings. The van der Waals surface area contributed by atoms with E-state index < -0.39 is 16.7 Å². The van der Waals surface area contributed by atoms with Crippen molar-refractivity contribution >= 4 is 40.9 Å². The first-order valence-electron chi connectivity index (χ1n) is 9.96. The molecule has 0 aliphatic heterocycles. The molecule has 12 nitrogen and oxygen atoms in total. The minimum absolute atomic E-state index is 0.0807. The third-order valence-corrected chi connectivity index (χ3v) is 4.91. The normalized spacial score (nSPS) is 10.3. The van der Waals surface area contributed by atoms with E-state index in [2.05, 4.69) is 27.5 Å². The number of azide groups is 1. The van der Waals surface area contributed by atoms with Crippen molar-refractivity contribution in [2.75, 3.05) is 18.0 Å². The highest BCUT2D eigenvalue weighted by molar-refractivity contribution is 6.34. The molecule has 0 spiro atoms. The smallest absolute Gasteiger partial charge is 0.270 e. The number of nitriles is 2. The Labute approximate surface area is 204 Å². The molecule has 2 amide bonds. The van der Waals surface area contributed by atoms with E-state index in [-0.39, 0.29) is 34.8 Å². The molecule has 0 atom stereocenters. The molecule has 35 heavy (non-hydrogen) atoms. The van der Waals surface area contributed by atoms with Gasteiger partial charge in [0.05, 0.1) is 46.2 Å². The van der Waals surface area contributed by atoms with Gasteiger partial charge < -0.3 is 10.2 Å². The Balaban J connectivity index is 2.36. The highest BCUT2D eigenvalue weighted by Gasteiger charge is 2.19. The average Bonchev–Trinajstić information content (AvgIpc) is 2.84. The molecule has 0 fully saturated rings. The number of nitrogens with one attached hydrogen (secondary N) is 1. The van der Waals surface area contributed by atoms with Crippen molar-refractivity contribution in [2.45, 2.75) is 12.8 Å². The van der Waals surface area contributed by atoms with Crippen molar-refractivity contribution in [3.8, 4) is 12.1 Å². The summed E-state index contributed by atoms with van der Waals surface area (Å²) >= 11 is 5.98. The molecule has 0 saturated carbocycles. The summed E-state index contributed by atoms with van der Waals surface area (Å²) < 4.78 is 0. The lowest BCUT2D eigenvalue weighted by Gasteiger charge is -2.22. The van der Waals surface area contributed by atoms with E-state index in [9.17, 15) is 19.7 Å². The van der Waals surface area contributed by atoms with Gasteiger partial charge in [-0.05, 0) is 40.5 Å². The third-order valence-electron chi connectivity index (χ3n) is 4.58. The number of anilines is 1. The molecule has 0 saturated heterocycles. The highest BCUT2D eigenvalue weighted by atomic mass is 35.5. The summed E-state index contributed by atoms with van der Waals surface area (Å²) in [4.78, 5) is 39.6. The van der Waals surface area contributed by atoms with Gasteiger partial charge in [-0.25, -0.2) is 0 Å². The number of rotatable bonds is 10. The maximum absolute atomic E-state index is 12.7. The van der Waals surface area contributed by atoms with Gasteiger partial charge in [-0.1, -0.05) is 23.7 Å². The number of carbonyl (C=O) groups is 2. The van der Waals surface area contributed by atoms with E-state index in [1.807, 2.05) is 4.90 Å². The lowest BCUT2D eigenvalue weighted by atomic mass is 10.1. The first-order valence-corrected chi connectivity index (χ1v) is 10.3. The summed E-state index contributed by atoms with van der Waals surface area (Å²) in [5.41, 5.74) is 8.82. The zero-order chi connectivity index (χ0) is 25.8. The van der Waals surface area contributed by atoms with E-state index in [0.29, 0.717) is 18.7 Å². The summed E-state index contributed by atoms with van der Waals surface area (Å²) in [6, 6.07) is 14.0. The standard InChI is InChI=1S/C22H17ClN8O4/c23-19-8-7-17(31(34)35)14-18(19)21(32)27-20(22(33)28-29-26)13-15-3-5-16(6-4-15)30(11-1-9-24)12-2-10-25/h3-8,13-14H,1-2,11-12H2,(H,27,32). The topological polar surface area (TPSA) is 189 Å². The molecule has 13 heteroatoms. The monoisotopic (exact) mass is 492 g/mol. The quantitative estimate of drug-likeness (QED) is 0.126. The highest BCUT2D eigenvalue weighted by Crippen LogP contribution is 2.23. The maximum Gasteiger partial charge on any atom is 0.270 e. The fourth-order valence-corrected chi connectivity index (χ4v) is 3.13. The fourth-order valence-electron chi connectivity index (χ4n) is 2.92. The molecule has 176 valence electrons. The van der Waals surface area contributed by atoms with Crippen LogP contribution in [0.15, 0.2) is 53.3 Å². The fraction of sp³-hybridized carbons (Fsp3) is 0.182. The zero-order valence-corrected chi connectivity index (χ0v) is 18.8. The van der Waals surface area contributed by atoms with Crippen LogP contribution < -0.4 is 10.2 Å². The number of nitrogens with zero attached hydrogens (tertiary/aromatic N) is 7. The predicted molar refractivity (Wildman–Crippen MR) is 127 cm³/mol. The van der Waals surface area contributed by atoms with Crippen molar-refractivity contribution in [1.29, 1.82) is 10.5 Å². The van der Waals surface area contributed by atoms with Gasteiger partial charge in [0.15, 0.2) is 0 Å². The molecule has 0 bridgehead atoms. The first-order chi connectivity index (χ1) is 16.8. The number of non-ortho nitro benzene ring substituents is 1. The number of benzene rings is 2. The largest absolute Gasteiger partial charge is 0.369 e. The van der Waals surface area contributed by atoms with Crippen LogP contribution in [0.25, 0.3) is 16.5 Å². The van der Waals surface area contributed by atoms with Crippen molar-refractivity contribution in [2.24, 2.45) is 5.11 Å². The second-order valence-corrected chi connectivity index (χ2v) is 7.23. The van der Waals surface area contributed by atoms with Gasteiger partial charge in [0.25, 0.3) is 17.5 Å². The molecule has 2 aromatic carbocycles. The Morgan fingerprint density at radius 2 is 1.80 bits per heavy atom. The van der Waals surface area contributed by atoms with Gasteiger partial charge in [0.2, 0.25) is 0 Å². The van der Waals surface area contributed by atoms with Crippen LogP contribution in [0.1, 0.15) is 28.8 Å². The summed E-state index contributed by atoms with van der Waals surface area (Å²) in [7, 11) is 0. The van der Waals surface area contributed by atoms with Crippen LogP contribution in [0.2, 0.25) is 5.02 Å². The van der Waals surface area contributed by atoms with Gasteiger partial charge in [-0.2, -0.15) is 10.5 Å². The number of nitro groups is 1. The van der Waals surface area contributed by atoms with Gasteiger partial charge >= 0.3 is 0 Å². The van der Waals surface area contributed by atoms with Crippen molar-refractivity contribution < 1.29 is 14.5 Å². The number of carbonyl (C=O) groups excluding carboxylic acids is 2. The lowest BCUT2D eigenvalue weighted by Crippen LogP contribution is -2.27. The Morgan fingerprint density at radius 3 is 2.34 bits per heavy atom. The molecular weight excluding hydrogens is 476 g/mol. The summed E-state index contributed by atoms with van der Waals surface area (Å²) in [5.74, 6) is -2.00. The summed E-state index contributed by atoms with van der Waals surface area (Å²) in [5, 5.41) is 33.9. The summed E-state index contributed by atoms with van der Waals surface area (Å²) in [6.45, 7) is 0.849. The number of hydrogen-bond donors (Lipinski definition) is 1. The van der Waals surface area contributed by atoms with Gasteiger partial charge in [-0.3, -0.25) is 19.7 Å². The van der Waals surface area contributed by atoms with Crippen LogP contribution in [0.5, 0.6) is 0 Å². The Hall–Kier alpha value is -4.90. The van der Waals surface area contributed by atoms with E-state index in [4.69, 9.17) is 27.7 Å². The molecule has 1 N–H and O–H groups in total. The van der Waals surface area contributed by atoms with Gasteiger partial charge in [0, 0.05) is 35.8 Å². The van der Waals surface area contributed by atoms with Crippen molar-refractivity contribution in [1.82, 2.24) is 5.32 Å². The summed E-state index contributed by atoms with van der Waals surface area (Å²) in [6.07, 6.45) is 1.80. The SMILES string of the molecule is N#CCCN(CCC#N)c1ccc(C=C(NC(=O)c2cc([N+](=O)[O-])ccc2Cl)C(=O)N=[N+]=[N-])cc1. The van der Waals surface area contributed by atoms with Crippen LogP contribution in [-0.4, -0.2) is 29.8 Å². The van der Waals surface area contributed by atoms with E-state index in [1.54, 1.807) is 24.3 Å². The Morgan fingerprint density at radius 1 is 1.17 bits per heavy atom. The molecule has 2 rings (SSSR count). The van der Waals surface area contributed by atoms with Gasteiger partial charge in [-0.15, -0.1) is 0 Å². The van der Waals surface area contributed by atoms with Crippen LogP contribution in [0.3, 0.4) is 0 Å². The molecule has 0 heterocycles. The molecular formula is C22H17ClN8O4. The lowest BCUT2D eigenvalue weighted by molar-refractivity contribution is -0.384. The van der Waals surface area contributed by atoms with E-state index in [0.717, 1.165) is 17.8 Å². The number of halogens is 1. The van der Waals surface area contributed by atoms with Crippen LogP contribution in [-0.2, 0) is 4.79 Å². The molecule has 0 aliphatic carbocycles. The maximum atomic E-state index is 12.7. The van der Waals surface area contributed by atoms with E-state index in [1.165, 1.54) is 12.1 Å². The minimum atomic E-state index is -1.09. The Kier molecular flexibility index (Phi) is 9.76. The average molecular weight is 493 g/mol. The second kappa shape index (κ2) is 13.0. The third kappa shape index (κ3) is 7.58. The van der Waals surface area contributed by atoms with Crippen molar-refractivity contribution in [3.05, 3.63) is 84.9 Å². The zero-order valence-electron chi connectivity index (χ0n) is 18.1. The van der Waals surface area contributed by atoms with E-state index >= 15 is 0 Å². The first kappa shape index (κ1) is 26.4. The predicted octanol–water partition coefficient (Wildman–Crippen LogP) is 4.49. The number of amides is 2. The molecule has 0 unspecified atom stereocenters. The van der Waals surface area contributed by atoms with Crippen LogP contribution in [0, 0.1) is 32.8 Å². The van der Waals surface area contributed by atoms with Crippen LogP contribution >= 0.6 is 11.6 Å².